The van der Waals surface area contributed by atoms with E-state index < -0.39 is 42.0 Å². The van der Waals surface area contributed by atoms with Crippen molar-refractivity contribution in [2.45, 2.75) is 69.6 Å². The molecule has 196 valence electrons. The van der Waals surface area contributed by atoms with E-state index in [1.165, 1.54) is 11.8 Å². The maximum atomic E-state index is 13.2. The Morgan fingerprint density at radius 2 is 1.94 bits per heavy atom. The Morgan fingerprint density at radius 3 is 2.67 bits per heavy atom. The summed E-state index contributed by atoms with van der Waals surface area (Å²) in [7, 11) is 0. The van der Waals surface area contributed by atoms with Crippen LogP contribution in [0.3, 0.4) is 0 Å². The fourth-order valence-electron chi connectivity index (χ4n) is 4.55. The molecular weight excluding hydrogens is 464 g/mol. The van der Waals surface area contributed by atoms with Crippen LogP contribution in [-0.2, 0) is 25.6 Å². The number of carbonyl (C=O) groups excluding carboxylic acids is 3. The lowest BCUT2D eigenvalue weighted by molar-refractivity contribution is -0.142. The minimum absolute atomic E-state index is 0.307. The number of para-hydroxylation sites is 1. The van der Waals surface area contributed by atoms with Gasteiger partial charge in [-0.2, -0.15) is 0 Å². The molecule has 36 heavy (non-hydrogen) atoms. The molecule has 1 aliphatic heterocycles. The zero-order chi connectivity index (χ0) is 26.2. The van der Waals surface area contributed by atoms with Crippen LogP contribution in [0, 0.1) is 0 Å². The lowest BCUT2D eigenvalue weighted by Gasteiger charge is -2.28. The number of nitrogens with two attached hydrogens (primary N) is 2. The molecule has 0 saturated carbocycles. The van der Waals surface area contributed by atoms with Crippen molar-refractivity contribution in [2.24, 2.45) is 11.5 Å². The Morgan fingerprint density at radius 1 is 1.19 bits per heavy atom. The Hall–Kier alpha value is -3.44. The smallest absolute Gasteiger partial charge is 0.325 e. The van der Waals surface area contributed by atoms with Gasteiger partial charge >= 0.3 is 5.97 Å². The maximum absolute atomic E-state index is 13.2. The van der Waals surface area contributed by atoms with Crippen molar-refractivity contribution >= 4 is 34.6 Å². The minimum Gasteiger partial charge on any atom is -0.480 e. The van der Waals surface area contributed by atoms with Gasteiger partial charge in [0.25, 0.3) is 0 Å². The summed E-state index contributed by atoms with van der Waals surface area (Å²) in [5, 5.41) is 15.2. The summed E-state index contributed by atoms with van der Waals surface area (Å²) >= 11 is 0. The first-order valence-electron chi connectivity index (χ1n) is 12.4. The second kappa shape index (κ2) is 12.5. The first kappa shape index (κ1) is 27.2. The van der Waals surface area contributed by atoms with Crippen LogP contribution in [0.1, 0.15) is 44.6 Å². The van der Waals surface area contributed by atoms with Crippen LogP contribution in [0.25, 0.3) is 10.9 Å². The number of rotatable bonds is 12. The highest BCUT2D eigenvalue weighted by molar-refractivity contribution is 5.94. The van der Waals surface area contributed by atoms with Gasteiger partial charge in [0.1, 0.15) is 18.1 Å². The number of hydrogen-bond donors (Lipinski definition) is 6. The minimum atomic E-state index is -1.17. The largest absolute Gasteiger partial charge is 0.480 e. The molecule has 0 aliphatic carbocycles. The molecule has 11 heteroatoms. The fraction of sp³-hybridized carbons (Fsp3) is 0.520. The highest BCUT2D eigenvalue weighted by atomic mass is 16.4. The van der Waals surface area contributed by atoms with Gasteiger partial charge in [0.2, 0.25) is 17.7 Å². The zero-order valence-corrected chi connectivity index (χ0v) is 20.5. The van der Waals surface area contributed by atoms with Crippen molar-refractivity contribution in [3.8, 4) is 0 Å². The number of likely N-dealkylation sites (tertiary alicyclic amines) is 1. The van der Waals surface area contributed by atoms with Crippen LogP contribution in [0.4, 0.5) is 0 Å². The average molecular weight is 501 g/mol. The van der Waals surface area contributed by atoms with Gasteiger partial charge in [0, 0.05) is 23.6 Å². The number of carboxylic acid groups (broad SMARTS) is 1. The van der Waals surface area contributed by atoms with Gasteiger partial charge in [-0.3, -0.25) is 19.2 Å². The number of benzene rings is 1. The quantitative estimate of drug-likeness (QED) is 0.225. The van der Waals surface area contributed by atoms with Gasteiger partial charge in [-0.1, -0.05) is 18.2 Å². The number of H-pyrrole nitrogens is 1. The van der Waals surface area contributed by atoms with E-state index in [9.17, 15) is 19.2 Å². The van der Waals surface area contributed by atoms with E-state index >= 15 is 0 Å². The summed E-state index contributed by atoms with van der Waals surface area (Å²) in [5.74, 6) is -2.52. The first-order valence-corrected chi connectivity index (χ1v) is 12.4. The summed E-state index contributed by atoms with van der Waals surface area (Å²) in [6.45, 7) is 2.19. The highest BCUT2D eigenvalue weighted by Gasteiger charge is 2.37. The van der Waals surface area contributed by atoms with Crippen LogP contribution < -0.4 is 22.1 Å². The number of carboxylic acids is 1. The molecule has 2 aromatic rings. The third-order valence-corrected chi connectivity index (χ3v) is 6.58. The topological polar surface area (TPSA) is 184 Å². The summed E-state index contributed by atoms with van der Waals surface area (Å²) < 4.78 is 0. The SMILES string of the molecule is CC(NC(=O)C(CCCCN)NC(=O)C1CCCN1C(=O)C(N)Cc1c[nH]c2ccccc12)C(=O)O. The normalized spacial score (nSPS) is 18.0. The number of aromatic nitrogens is 1. The van der Waals surface area contributed by atoms with Crippen molar-refractivity contribution in [3.63, 3.8) is 0 Å². The van der Waals surface area contributed by atoms with Crippen LogP contribution >= 0.6 is 0 Å². The third kappa shape index (κ3) is 6.61. The van der Waals surface area contributed by atoms with Crippen LogP contribution in [0.5, 0.6) is 0 Å². The molecule has 1 aromatic heterocycles. The first-order chi connectivity index (χ1) is 17.2. The van der Waals surface area contributed by atoms with E-state index in [0.717, 1.165) is 16.5 Å². The summed E-state index contributed by atoms with van der Waals surface area (Å²) in [5.41, 5.74) is 13.7. The van der Waals surface area contributed by atoms with Gasteiger partial charge < -0.3 is 37.1 Å². The molecule has 1 aromatic carbocycles. The summed E-state index contributed by atoms with van der Waals surface area (Å²) in [6, 6.07) is 4.17. The molecule has 0 radical (unpaired) electrons. The number of carbonyl (C=O) groups is 4. The summed E-state index contributed by atoms with van der Waals surface area (Å²) in [6.07, 6.45) is 4.81. The molecule has 3 amide bonds. The van der Waals surface area contributed by atoms with Gasteiger partial charge in [-0.15, -0.1) is 0 Å². The average Bonchev–Trinajstić information content (AvgIpc) is 3.50. The van der Waals surface area contributed by atoms with Gasteiger partial charge in [-0.25, -0.2) is 0 Å². The molecular formula is C25H36N6O5. The predicted octanol–water partition coefficient (Wildman–Crippen LogP) is 0.232. The van der Waals surface area contributed by atoms with E-state index in [1.807, 2.05) is 30.5 Å². The van der Waals surface area contributed by atoms with E-state index in [-0.39, 0.29) is 5.91 Å². The van der Waals surface area contributed by atoms with Crippen molar-refractivity contribution in [1.29, 1.82) is 0 Å². The third-order valence-electron chi connectivity index (χ3n) is 6.58. The molecule has 4 unspecified atom stereocenters. The highest BCUT2D eigenvalue weighted by Crippen LogP contribution is 2.22. The Kier molecular flexibility index (Phi) is 9.43. The zero-order valence-electron chi connectivity index (χ0n) is 20.5. The summed E-state index contributed by atoms with van der Waals surface area (Å²) in [4.78, 5) is 54.9. The van der Waals surface area contributed by atoms with Crippen LogP contribution in [0.2, 0.25) is 0 Å². The number of amides is 3. The fourth-order valence-corrected chi connectivity index (χ4v) is 4.55. The van der Waals surface area contributed by atoms with Crippen molar-refractivity contribution in [3.05, 3.63) is 36.0 Å². The Labute approximate surface area is 210 Å². The van der Waals surface area contributed by atoms with Gasteiger partial charge in [0.15, 0.2) is 0 Å². The number of hydrogen-bond acceptors (Lipinski definition) is 6. The van der Waals surface area contributed by atoms with E-state index in [0.29, 0.717) is 51.6 Å². The molecule has 1 aliphatic rings. The number of aliphatic carboxylic acids is 1. The molecule has 11 nitrogen and oxygen atoms in total. The molecule has 1 saturated heterocycles. The number of unbranched alkanes of at least 4 members (excludes halogenated alkanes) is 1. The molecule has 2 heterocycles. The van der Waals surface area contributed by atoms with Crippen LogP contribution in [0.15, 0.2) is 30.5 Å². The lowest BCUT2D eigenvalue weighted by atomic mass is 10.0. The molecule has 1 fully saturated rings. The molecule has 3 rings (SSSR count). The Bertz CT molecular complexity index is 1090. The van der Waals surface area contributed by atoms with Crippen molar-refractivity contribution < 1.29 is 24.3 Å². The number of aromatic amines is 1. The predicted molar refractivity (Wildman–Crippen MR) is 135 cm³/mol. The standard InChI is InChI=1S/C25H36N6O5/c1-15(25(35)36)29-22(32)20(9-4-5-11-26)30-23(33)21-10-6-12-31(21)24(34)18(27)13-16-14-28-19-8-3-2-7-17(16)19/h2-3,7-8,14-15,18,20-21,28H,4-6,9-13,26-27H2,1H3,(H,29,32)(H,30,33)(H,35,36). The second-order valence-electron chi connectivity index (χ2n) is 9.27. The van der Waals surface area contributed by atoms with E-state index in [1.54, 1.807) is 0 Å². The number of nitrogens with one attached hydrogen (secondary N) is 3. The van der Waals surface area contributed by atoms with Crippen molar-refractivity contribution in [1.82, 2.24) is 20.5 Å². The van der Waals surface area contributed by atoms with Crippen molar-refractivity contribution in [2.75, 3.05) is 13.1 Å². The monoisotopic (exact) mass is 500 g/mol. The molecule has 8 N–H and O–H groups in total. The van der Waals surface area contributed by atoms with Gasteiger partial charge in [-0.05, 0) is 63.6 Å². The second-order valence-corrected chi connectivity index (χ2v) is 9.27. The molecule has 4 atom stereocenters. The number of nitrogens with zero attached hydrogens (tertiary/aromatic N) is 1. The van der Waals surface area contributed by atoms with E-state index in [4.69, 9.17) is 16.6 Å². The van der Waals surface area contributed by atoms with Gasteiger partial charge in [0.05, 0.1) is 6.04 Å². The Balaban J connectivity index is 1.66. The van der Waals surface area contributed by atoms with E-state index in [2.05, 4.69) is 15.6 Å². The molecule has 0 spiro atoms. The maximum Gasteiger partial charge on any atom is 0.325 e. The molecule has 0 bridgehead atoms. The van der Waals surface area contributed by atoms with Crippen LogP contribution in [-0.4, -0.2) is 75.9 Å². The number of fused-ring (bicyclic) bond motifs is 1. The lowest BCUT2D eigenvalue weighted by Crippen LogP contribution is -2.56.